The number of hydrogen-bond donors (Lipinski definition) is 1. The third-order valence-electron chi connectivity index (χ3n) is 4.10. The van der Waals surface area contributed by atoms with Gasteiger partial charge in [0.25, 0.3) is 5.91 Å². The monoisotopic (exact) mass is 331 g/mol. The Hall–Kier alpha value is -2.30. The second kappa shape index (κ2) is 9.75. The van der Waals surface area contributed by atoms with Crippen molar-refractivity contribution >= 4 is 18.0 Å². The molecule has 1 fully saturated rings. The van der Waals surface area contributed by atoms with Crippen molar-refractivity contribution in [2.45, 2.75) is 44.6 Å². The molecule has 24 heavy (non-hydrogen) atoms. The van der Waals surface area contributed by atoms with Crippen molar-refractivity contribution in [1.82, 2.24) is 5.32 Å². The number of ether oxygens (including phenoxy) is 2. The maximum Gasteiger partial charge on any atom is 0.331 e. The predicted molar refractivity (Wildman–Crippen MR) is 92.6 cm³/mol. The molecule has 1 saturated carbocycles. The average molecular weight is 331 g/mol. The third kappa shape index (κ3) is 6.07. The van der Waals surface area contributed by atoms with Crippen LogP contribution in [0.5, 0.6) is 5.75 Å². The van der Waals surface area contributed by atoms with Crippen molar-refractivity contribution < 1.29 is 19.1 Å². The molecule has 0 heterocycles. The zero-order valence-corrected chi connectivity index (χ0v) is 14.1. The van der Waals surface area contributed by atoms with E-state index in [1.807, 2.05) is 24.3 Å². The van der Waals surface area contributed by atoms with E-state index >= 15 is 0 Å². The van der Waals surface area contributed by atoms with Crippen LogP contribution in [0, 0.1) is 0 Å². The molecule has 0 spiro atoms. The Balaban J connectivity index is 1.75. The molecule has 0 aromatic heterocycles. The smallest absolute Gasteiger partial charge is 0.331 e. The van der Waals surface area contributed by atoms with Crippen molar-refractivity contribution in [3.8, 4) is 5.75 Å². The van der Waals surface area contributed by atoms with Gasteiger partial charge in [0.1, 0.15) is 5.75 Å². The summed E-state index contributed by atoms with van der Waals surface area (Å²) >= 11 is 0. The molecule has 1 amide bonds. The summed E-state index contributed by atoms with van der Waals surface area (Å²) < 4.78 is 10.2. The number of benzene rings is 1. The van der Waals surface area contributed by atoms with Crippen LogP contribution in [0.2, 0.25) is 0 Å². The van der Waals surface area contributed by atoms with Gasteiger partial charge in [-0.25, -0.2) is 4.79 Å². The number of esters is 1. The number of nitrogens with one attached hydrogen (secondary N) is 1. The summed E-state index contributed by atoms with van der Waals surface area (Å²) in [7, 11) is 1.57. The van der Waals surface area contributed by atoms with E-state index in [1.54, 1.807) is 13.2 Å². The molecule has 5 heteroatoms. The molecule has 1 aromatic rings. The second-order valence-corrected chi connectivity index (χ2v) is 5.94. The summed E-state index contributed by atoms with van der Waals surface area (Å²) in [6.07, 6.45) is 9.69. The lowest BCUT2D eigenvalue weighted by atomic mass is 10.1. The first-order valence-electron chi connectivity index (χ1n) is 8.46. The molecule has 0 aliphatic heterocycles. The number of amides is 1. The predicted octanol–water partition coefficient (Wildman–Crippen LogP) is 3.09. The molecule has 0 atom stereocenters. The van der Waals surface area contributed by atoms with E-state index in [1.165, 1.54) is 18.9 Å². The summed E-state index contributed by atoms with van der Waals surface area (Å²) in [5.74, 6) is -0.106. The summed E-state index contributed by atoms with van der Waals surface area (Å²) in [5, 5.41) is 2.95. The lowest BCUT2D eigenvalue weighted by Crippen LogP contribution is -2.37. The Labute approximate surface area is 143 Å². The number of methoxy groups -OCH3 is 1. The first kappa shape index (κ1) is 18.0. The average Bonchev–Trinajstić information content (AvgIpc) is 2.87. The Bertz CT molecular complexity index is 574. The van der Waals surface area contributed by atoms with Gasteiger partial charge in [-0.2, -0.15) is 0 Å². The highest BCUT2D eigenvalue weighted by atomic mass is 16.5. The lowest BCUT2D eigenvalue weighted by Gasteiger charge is -2.15. The van der Waals surface area contributed by atoms with Crippen molar-refractivity contribution in [1.29, 1.82) is 0 Å². The minimum absolute atomic E-state index is 0.211. The second-order valence-electron chi connectivity index (χ2n) is 5.94. The van der Waals surface area contributed by atoms with E-state index in [0.717, 1.165) is 31.2 Å². The summed E-state index contributed by atoms with van der Waals surface area (Å²) in [6, 6.07) is 7.56. The fraction of sp³-hybridized carbons (Fsp3) is 0.474. The van der Waals surface area contributed by atoms with Crippen LogP contribution in [0.4, 0.5) is 0 Å². The maximum absolute atomic E-state index is 11.9. The van der Waals surface area contributed by atoms with Gasteiger partial charge in [-0.1, -0.05) is 43.9 Å². The van der Waals surface area contributed by atoms with Gasteiger partial charge in [-0.05, 0) is 25.0 Å². The molecule has 1 aliphatic carbocycles. The topological polar surface area (TPSA) is 64.6 Å². The lowest BCUT2D eigenvalue weighted by molar-refractivity contribution is -0.144. The normalized spacial score (nSPS) is 15.7. The van der Waals surface area contributed by atoms with E-state index in [0.29, 0.717) is 5.75 Å². The first-order valence-corrected chi connectivity index (χ1v) is 8.46. The number of carbonyl (C=O) groups is 2. The molecule has 0 saturated heterocycles. The van der Waals surface area contributed by atoms with Gasteiger partial charge in [0.2, 0.25) is 0 Å². The Morgan fingerprint density at radius 3 is 2.58 bits per heavy atom. The van der Waals surface area contributed by atoms with Crippen molar-refractivity contribution in [3.05, 3.63) is 35.9 Å². The number of carbonyl (C=O) groups excluding carboxylic acids is 2. The van der Waals surface area contributed by atoms with Crippen LogP contribution in [0.25, 0.3) is 6.08 Å². The molecular weight excluding hydrogens is 306 g/mol. The minimum Gasteiger partial charge on any atom is -0.496 e. The minimum atomic E-state index is -0.545. The molecule has 1 aliphatic rings. The summed E-state index contributed by atoms with van der Waals surface area (Å²) in [6.45, 7) is -0.244. The number of hydrogen-bond acceptors (Lipinski definition) is 4. The molecular formula is C19H25NO4. The zero-order chi connectivity index (χ0) is 17.2. The van der Waals surface area contributed by atoms with Crippen LogP contribution < -0.4 is 10.1 Å². The van der Waals surface area contributed by atoms with Gasteiger partial charge in [0.05, 0.1) is 7.11 Å². The largest absolute Gasteiger partial charge is 0.496 e. The fourth-order valence-corrected chi connectivity index (χ4v) is 2.84. The van der Waals surface area contributed by atoms with Crippen LogP contribution in [0.1, 0.15) is 44.1 Å². The van der Waals surface area contributed by atoms with Gasteiger partial charge in [0.15, 0.2) is 6.61 Å². The van der Waals surface area contributed by atoms with Gasteiger partial charge in [0, 0.05) is 17.7 Å². The highest BCUT2D eigenvalue weighted by molar-refractivity contribution is 5.89. The van der Waals surface area contributed by atoms with Crippen LogP contribution >= 0.6 is 0 Å². The van der Waals surface area contributed by atoms with Crippen LogP contribution in [-0.4, -0.2) is 31.6 Å². The Morgan fingerprint density at radius 1 is 1.17 bits per heavy atom. The van der Waals surface area contributed by atoms with E-state index < -0.39 is 5.97 Å². The molecule has 130 valence electrons. The number of rotatable bonds is 6. The molecule has 1 N–H and O–H groups in total. The molecule has 0 bridgehead atoms. The number of para-hydroxylation sites is 1. The highest BCUT2D eigenvalue weighted by Crippen LogP contribution is 2.19. The third-order valence-corrected chi connectivity index (χ3v) is 4.10. The Morgan fingerprint density at radius 2 is 1.88 bits per heavy atom. The van der Waals surface area contributed by atoms with Crippen molar-refractivity contribution in [3.63, 3.8) is 0 Å². The Kier molecular flexibility index (Phi) is 7.33. The van der Waals surface area contributed by atoms with E-state index in [9.17, 15) is 9.59 Å². The quantitative estimate of drug-likeness (QED) is 0.494. The highest BCUT2D eigenvalue weighted by Gasteiger charge is 2.15. The molecule has 5 nitrogen and oxygen atoms in total. The van der Waals surface area contributed by atoms with Crippen LogP contribution in [-0.2, 0) is 14.3 Å². The summed E-state index contributed by atoms with van der Waals surface area (Å²) in [4.78, 5) is 23.6. The zero-order valence-electron chi connectivity index (χ0n) is 14.1. The van der Waals surface area contributed by atoms with E-state index in [4.69, 9.17) is 9.47 Å². The van der Waals surface area contributed by atoms with E-state index in [2.05, 4.69) is 5.32 Å². The van der Waals surface area contributed by atoms with Crippen LogP contribution in [0.15, 0.2) is 30.3 Å². The van der Waals surface area contributed by atoms with Gasteiger partial charge >= 0.3 is 5.97 Å². The maximum atomic E-state index is 11.9. The standard InChI is InChI=1S/C19H25NO4/c1-23-17-11-7-6-8-15(17)12-13-19(22)24-14-18(21)20-16-9-4-2-3-5-10-16/h6-8,11-13,16H,2-5,9-10,14H2,1H3,(H,20,21). The molecule has 1 aromatic carbocycles. The molecule has 2 rings (SSSR count). The van der Waals surface area contributed by atoms with Crippen LogP contribution in [0.3, 0.4) is 0 Å². The van der Waals surface area contributed by atoms with Crippen molar-refractivity contribution in [2.24, 2.45) is 0 Å². The van der Waals surface area contributed by atoms with Gasteiger partial charge in [-0.15, -0.1) is 0 Å². The van der Waals surface area contributed by atoms with Crippen molar-refractivity contribution in [2.75, 3.05) is 13.7 Å². The fourth-order valence-electron chi connectivity index (χ4n) is 2.84. The SMILES string of the molecule is COc1ccccc1C=CC(=O)OCC(=O)NC1CCCCCC1. The molecule has 0 radical (unpaired) electrons. The molecule has 0 unspecified atom stereocenters. The summed E-state index contributed by atoms with van der Waals surface area (Å²) in [5.41, 5.74) is 0.778. The van der Waals surface area contributed by atoms with E-state index in [-0.39, 0.29) is 18.6 Å². The van der Waals surface area contributed by atoms with Gasteiger partial charge < -0.3 is 14.8 Å². The van der Waals surface area contributed by atoms with Gasteiger partial charge in [-0.3, -0.25) is 4.79 Å². The first-order chi connectivity index (χ1) is 11.7.